The van der Waals surface area contributed by atoms with E-state index in [9.17, 15) is 19.5 Å². The summed E-state index contributed by atoms with van der Waals surface area (Å²) in [7, 11) is 0. The maximum Gasteiger partial charge on any atom is 0.310 e. The standard InChI is InChI=1S/C27H33ClN4O6/c1-16-29-22(38-30-16)15-37-21-9-8-19(28)17-10-13-32(20(24(17)21)14-31-12-5-7-23(31)33)25(34)18-6-3-4-11-27(18,2)26(35)36/h8-9,18,20H,3-7,10-15H2,1-2H3,(H,35,36)/t18?,20-,27-/m1/s1. The van der Waals surface area contributed by atoms with Crippen molar-refractivity contribution in [2.45, 2.75) is 71.4 Å². The molecule has 0 spiro atoms. The summed E-state index contributed by atoms with van der Waals surface area (Å²) in [6.45, 7) is 4.74. The van der Waals surface area contributed by atoms with Crippen LogP contribution in [0.4, 0.5) is 0 Å². The molecule has 1 aromatic heterocycles. The van der Waals surface area contributed by atoms with Crippen LogP contribution in [0.3, 0.4) is 0 Å². The molecule has 3 aliphatic rings. The van der Waals surface area contributed by atoms with Gasteiger partial charge in [-0.2, -0.15) is 4.98 Å². The van der Waals surface area contributed by atoms with Crippen molar-refractivity contribution in [1.82, 2.24) is 19.9 Å². The molecule has 11 heteroatoms. The molecular formula is C27H33ClN4O6. The summed E-state index contributed by atoms with van der Waals surface area (Å²) in [6, 6.07) is 3.01. The molecule has 1 saturated heterocycles. The van der Waals surface area contributed by atoms with Crippen LogP contribution in [0.2, 0.25) is 5.02 Å². The van der Waals surface area contributed by atoms with Gasteiger partial charge in [-0.25, -0.2) is 0 Å². The van der Waals surface area contributed by atoms with Crippen molar-refractivity contribution in [1.29, 1.82) is 0 Å². The van der Waals surface area contributed by atoms with Gasteiger partial charge in [-0.15, -0.1) is 0 Å². The van der Waals surface area contributed by atoms with Crippen molar-refractivity contribution in [3.8, 4) is 5.75 Å². The van der Waals surface area contributed by atoms with E-state index in [0.717, 1.165) is 30.4 Å². The molecule has 1 N–H and O–H groups in total. The van der Waals surface area contributed by atoms with E-state index < -0.39 is 23.3 Å². The Kier molecular flexibility index (Phi) is 7.35. The van der Waals surface area contributed by atoms with Crippen molar-refractivity contribution >= 4 is 29.4 Å². The first-order chi connectivity index (χ1) is 18.2. The number of hydrogen-bond acceptors (Lipinski definition) is 7. The molecule has 3 heterocycles. The predicted octanol–water partition coefficient (Wildman–Crippen LogP) is 3.94. The third kappa shape index (κ3) is 4.86. The van der Waals surface area contributed by atoms with E-state index in [0.29, 0.717) is 67.8 Å². The molecule has 2 aliphatic heterocycles. The van der Waals surface area contributed by atoms with E-state index in [-0.39, 0.29) is 18.4 Å². The number of carboxylic acid groups (broad SMARTS) is 1. The zero-order valence-corrected chi connectivity index (χ0v) is 22.5. The Hall–Kier alpha value is -3.14. The Morgan fingerprint density at radius 2 is 2.05 bits per heavy atom. The molecule has 38 heavy (non-hydrogen) atoms. The van der Waals surface area contributed by atoms with E-state index >= 15 is 0 Å². The number of fused-ring (bicyclic) bond motifs is 1. The number of carbonyl (C=O) groups excluding carboxylic acids is 2. The number of hydrogen-bond donors (Lipinski definition) is 1. The summed E-state index contributed by atoms with van der Waals surface area (Å²) < 4.78 is 11.3. The van der Waals surface area contributed by atoms with Gasteiger partial charge >= 0.3 is 5.97 Å². The second kappa shape index (κ2) is 10.6. The number of carboxylic acids is 1. The summed E-state index contributed by atoms with van der Waals surface area (Å²) in [6.07, 6.45) is 4.31. The van der Waals surface area contributed by atoms with Gasteiger partial charge in [0.1, 0.15) is 5.75 Å². The van der Waals surface area contributed by atoms with Crippen LogP contribution in [-0.4, -0.2) is 62.5 Å². The van der Waals surface area contributed by atoms with Crippen LogP contribution in [-0.2, 0) is 27.4 Å². The number of amides is 2. The van der Waals surface area contributed by atoms with Gasteiger partial charge in [0.25, 0.3) is 5.89 Å². The average Bonchev–Trinajstić information content (AvgIpc) is 3.50. The molecule has 10 nitrogen and oxygen atoms in total. The number of aromatic nitrogens is 2. The minimum Gasteiger partial charge on any atom is -0.483 e. The Balaban J connectivity index is 1.53. The highest BCUT2D eigenvalue weighted by Crippen LogP contribution is 2.46. The van der Waals surface area contributed by atoms with Gasteiger partial charge in [-0.3, -0.25) is 14.4 Å². The minimum absolute atomic E-state index is 0.0396. The van der Waals surface area contributed by atoms with Gasteiger partial charge in [-0.1, -0.05) is 29.6 Å². The summed E-state index contributed by atoms with van der Waals surface area (Å²) >= 11 is 6.65. The third-order valence-electron chi connectivity index (χ3n) is 8.34. The van der Waals surface area contributed by atoms with Crippen LogP contribution < -0.4 is 4.74 Å². The van der Waals surface area contributed by atoms with Gasteiger partial charge in [0.05, 0.1) is 17.4 Å². The summed E-state index contributed by atoms with van der Waals surface area (Å²) in [4.78, 5) is 46.9. The normalized spacial score (nSPS) is 25.4. The maximum atomic E-state index is 14.2. The number of nitrogens with zero attached hydrogens (tertiary/aromatic N) is 4. The fourth-order valence-corrected chi connectivity index (χ4v) is 6.45. The van der Waals surface area contributed by atoms with Gasteiger partial charge in [-0.05, 0) is 57.2 Å². The summed E-state index contributed by atoms with van der Waals surface area (Å²) in [5.74, 6) is -0.380. The lowest BCUT2D eigenvalue weighted by atomic mass is 9.66. The van der Waals surface area contributed by atoms with Crippen molar-refractivity contribution < 1.29 is 28.8 Å². The lowest BCUT2D eigenvalue weighted by molar-refractivity contribution is -0.162. The molecule has 1 unspecified atom stereocenters. The zero-order valence-electron chi connectivity index (χ0n) is 21.7. The zero-order chi connectivity index (χ0) is 27.0. The Morgan fingerprint density at radius 1 is 1.24 bits per heavy atom. The van der Waals surface area contributed by atoms with E-state index in [4.69, 9.17) is 20.9 Å². The summed E-state index contributed by atoms with van der Waals surface area (Å²) in [5, 5.41) is 14.5. The van der Waals surface area contributed by atoms with Crippen LogP contribution in [0.15, 0.2) is 16.7 Å². The van der Waals surface area contributed by atoms with Crippen LogP contribution in [0.5, 0.6) is 5.75 Å². The molecule has 5 rings (SSSR count). The lowest BCUT2D eigenvalue weighted by Crippen LogP contribution is -2.52. The second-order valence-electron chi connectivity index (χ2n) is 10.7. The highest BCUT2D eigenvalue weighted by Gasteiger charge is 2.50. The Morgan fingerprint density at radius 3 is 2.74 bits per heavy atom. The van der Waals surface area contributed by atoms with Crippen LogP contribution >= 0.6 is 11.6 Å². The van der Waals surface area contributed by atoms with Crippen molar-refractivity contribution in [2.24, 2.45) is 11.3 Å². The SMILES string of the molecule is Cc1noc(COc2ccc(Cl)c3c2[C@@H](CN2CCCC2=O)N(C(=O)C2CCCC[C@@]2(C)C(=O)O)CC3)n1. The number of aliphatic carboxylic acids is 1. The quantitative estimate of drug-likeness (QED) is 0.555. The molecule has 204 valence electrons. The lowest BCUT2D eigenvalue weighted by Gasteiger charge is -2.45. The molecule has 0 bridgehead atoms. The van der Waals surface area contributed by atoms with Crippen molar-refractivity contribution in [3.63, 3.8) is 0 Å². The highest BCUT2D eigenvalue weighted by atomic mass is 35.5. The first-order valence-electron chi connectivity index (χ1n) is 13.2. The van der Waals surface area contributed by atoms with E-state index in [1.807, 2.05) is 0 Å². The topological polar surface area (TPSA) is 126 Å². The molecule has 2 aromatic rings. The monoisotopic (exact) mass is 544 g/mol. The second-order valence-corrected chi connectivity index (χ2v) is 11.1. The fraction of sp³-hybridized carbons (Fsp3) is 0.593. The van der Waals surface area contributed by atoms with Gasteiger partial charge in [0.15, 0.2) is 12.4 Å². The molecule has 0 radical (unpaired) electrons. The van der Waals surface area contributed by atoms with Gasteiger partial charge in [0.2, 0.25) is 11.8 Å². The minimum atomic E-state index is -1.13. The van der Waals surface area contributed by atoms with Crippen LogP contribution in [0, 0.1) is 18.3 Å². The largest absolute Gasteiger partial charge is 0.483 e. The first-order valence-corrected chi connectivity index (χ1v) is 13.6. The molecular weight excluding hydrogens is 512 g/mol. The molecule has 1 saturated carbocycles. The highest BCUT2D eigenvalue weighted by molar-refractivity contribution is 6.31. The third-order valence-corrected chi connectivity index (χ3v) is 8.69. The number of aryl methyl sites for hydroxylation is 1. The fourth-order valence-electron chi connectivity index (χ4n) is 6.19. The molecule has 2 amide bonds. The van der Waals surface area contributed by atoms with Crippen LogP contribution in [0.25, 0.3) is 0 Å². The number of rotatable bonds is 7. The smallest absolute Gasteiger partial charge is 0.310 e. The number of benzene rings is 1. The van der Waals surface area contributed by atoms with Gasteiger partial charge in [0, 0.05) is 36.6 Å². The molecule has 3 atom stereocenters. The number of ether oxygens (including phenoxy) is 1. The van der Waals surface area contributed by atoms with Crippen LogP contribution in [0.1, 0.15) is 74.3 Å². The molecule has 1 aliphatic carbocycles. The van der Waals surface area contributed by atoms with Crippen molar-refractivity contribution in [2.75, 3.05) is 19.6 Å². The van der Waals surface area contributed by atoms with Gasteiger partial charge < -0.3 is 24.2 Å². The van der Waals surface area contributed by atoms with E-state index in [2.05, 4.69) is 10.1 Å². The van der Waals surface area contributed by atoms with E-state index in [1.54, 1.807) is 35.8 Å². The molecule has 1 aromatic carbocycles. The first kappa shape index (κ1) is 26.5. The Bertz CT molecular complexity index is 1250. The Labute approximate surface area is 226 Å². The molecule has 2 fully saturated rings. The van der Waals surface area contributed by atoms with Crippen molar-refractivity contribution in [3.05, 3.63) is 40.0 Å². The number of carbonyl (C=O) groups is 3. The number of likely N-dealkylation sites (tertiary alicyclic amines) is 1. The van der Waals surface area contributed by atoms with E-state index in [1.165, 1.54) is 0 Å². The maximum absolute atomic E-state index is 14.2. The average molecular weight is 545 g/mol. The summed E-state index contributed by atoms with van der Waals surface area (Å²) in [5.41, 5.74) is 0.490. The predicted molar refractivity (Wildman–Crippen MR) is 136 cm³/mol. The number of halogens is 1.